The van der Waals surface area contributed by atoms with Crippen molar-refractivity contribution in [3.63, 3.8) is 0 Å². The average molecular weight is 414 g/mol. The van der Waals surface area contributed by atoms with Gasteiger partial charge in [0.25, 0.3) is 0 Å². The van der Waals surface area contributed by atoms with E-state index in [2.05, 4.69) is 19.2 Å². The summed E-state index contributed by atoms with van der Waals surface area (Å²) < 4.78 is 64.3. The summed E-state index contributed by atoms with van der Waals surface area (Å²) in [5.41, 5.74) is -5.63. The molecule has 0 unspecified atom stereocenters. The van der Waals surface area contributed by atoms with E-state index in [4.69, 9.17) is 5.11 Å². The van der Waals surface area contributed by atoms with Gasteiger partial charge < -0.3 is 9.29 Å². The molecule has 0 aliphatic rings. The summed E-state index contributed by atoms with van der Waals surface area (Å²) in [7, 11) is -5.83. The van der Waals surface area contributed by atoms with Gasteiger partial charge in [-0.05, 0) is 24.3 Å². The van der Waals surface area contributed by atoms with Crippen molar-refractivity contribution in [2.45, 2.75) is 5.51 Å². The standard InChI is InChI=1S/C15H9F3N4O5S/c16-15(17,18)28(25,26)27-9-4-5-10(20-8-9)12-7-11(14(23)24)21-22(12)13-3-1-2-6-19-13/h1-8H,(H,23,24). The Morgan fingerprint density at radius 1 is 1.14 bits per heavy atom. The normalized spacial score (nSPS) is 12.0. The zero-order valence-corrected chi connectivity index (χ0v) is 14.3. The molecule has 0 aromatic carbocycles. The number of rotatable bonds is 5. The first kappa shape index (κ1) is 19.3. The highest BCUT2D eigenvalue weighted by atomic mass is 32.2. The number of aromatic nitrogens is 4. The first-order valence-electron chi connectivity index (χ1n) is 7.30. The first-order chi connectivity index (χ1) is 13.1. The molecule has 1 N–H and O–H groups in total. The predicted octanol–water partition coefficient (Wildman–Crippen LogP) is 2.26. The number of hydrogen-bond acceptors (Lipinski definition) is 7. The number of carboxylic acid groups (broad SMARTS) is 1. The Morgan fingerprint density at radius 3 is 2.43 bits per heavy atom. The number of nitrogens with zero attached hydrogens (tertiary/aromatic N) is 4. The molecule has 0 fully saturated rings. The van der Waals surface area contributed by atoms with E-state index in [0.29, 0.717) is 0 Å². The Kier molecular flexibility index (Phi) is 4.77. The molecule has 3 aromatic heterocycles. The van der Waals surface area contributed by atoms with E-state index < -0.39 is 27.3 Å². The molecule has 9 nitrogen and oxygen atoms in total. The van der Waals surface area contributed by atoms with Crippen LogP contribution in [-0.4, -0.2) is 44.8 Å². The molecule has 0 atom stereocenters. The van der Waals surface area contributed by atoms with E-state index >= 15 is 0 Å². The largest absolute Gasteiger partial charge is 0.534 e. The number of carbonyl (C=O) groups is 1. The van der Waals surface area contributed by atoms with Crippen LogP contribution in [0.3, 0.4) is 0 Å². The van der Waals surface area contributed by atoms with Gasteiger partial charge in [-0.1, -0.05) is 6.07 Å². The van der Waals surface area contributed by atoms with Gasteiger partial charge in [-0.2, -0.15) is 26.7 Å². The molecule has 0 spiro atoms. The minimum atomic E-state index is -5.83. The number of alkyl halides is 3. The van der Waals surface area contributed by atoms with Crippen LogP contribution in [0.1, 0.15) is 10.5 Å². The van der Waals surface area contributed by atoms with E-state index in [1.807, 2.05) is 0 Å². The minimum absolute atomic E-state index is 0.0995. The molecule has 0 bridgehead atoms. The smallest absolute Gasteiger partial charge is 0.476 e. The van der Waals surface area contributed by atoms with Crippen LogP contribution >= 0.6 is 0 Å². The van der Waals surface area contributed by atoms with Crippen LogP contribution in [0.5, 0.6) is 5.75 Å². The lowest BCUT2D eigenvalue weighted by Gasteiger charge is -2.10. The number of carboxylic acids is 1. The lowest BCUT2D eigenvalue weighted by Crippen LogP contribution is -2.28. The highest BCUT2D eigenvalue weighted by Crippen LogP contribution is 2.28. The maximum absolute atomic E-state index is 12.4. The lowest BCUT2D eigenvalue weighted by molar-refractivity contribution is -0.0500. The monoisotopic (exact) mass is 414 g/mol. The van der Waals surface area contributed by atoms with Crippen LogP contribution in [0, 0.1) is 0 Å². The van der Waals surface area contributed by atoms with Crippen molar-refractivity contribution in [1.29, 1.82) is 0 Å². The van der Waals surface area contributed by atoms with Gasteiger partial charge in [0.05, 0.1) is 17.6 Å². The predicted molar refractivity (Wildman–Crippen MR) is 87.2 cm³/mol. The molecule has 0 amide bonds. The average Bonchev–Trinajstić information content (AvgIpc) is 3.07. The SMILES string of the molecule is O=C(O)c1cc(-c2ccc(OS(=O)(=O)C(F)(F)F)cn2)n(-c2ccccn2)n1. The molecule has 3 aromatic rings. The lowest BCUT2D eigenvalue weighted by atomic mass is 10.2. The molecule has 13 heteroatoms. The van der Waals surface area contributed by atoms with Crippen molar-refractivity contribution in [3.05, 3.63) is 54.5 Å². The summed E-state index contributed by atoms with van der Waals surface area (Å²) in [6.45, 7) is 0. The van der Waals surface area contributed by atoms with Gasteiger partial charge in [0.2, 0.25) is 0 Å². The van der Waals surface area contributed by atoms with Crippen molar-refractivity contribution >= 4 is 16.1 Å². The van der Waals surface area contributed by atoms with Crippen LogP contribution in [0.4, 0.5) is 13.2 Å². The molecular weight excluding hydrogens is 405 g/mol. The second-order valence-corrected chi connectivity index (χ2v) is 6.72. The zero-order chi connectivity index (χ0) is 20.5. The summed E-state index contributed by atoms with van der Waals surface area (Å²) in [4.78, 5) is 19.1. The summed E-state index contributed by atoms with van der Waals surface area (Å²) in [5, 5.41) is 13.1. The Morgan fingerprint density at radius 2 is 1.89 bits per heavy atom. The molecule has 0 aliphatic carbocycles. The zero-order valence-electron chi connectivity index (χ0n) is 13.5. The molecule has 0 saturated heterocycles. The van der Waals surface area contributed by atoms with Gasteiger partial charge in [0.15, 0.2) is 17.3 Å². The first-order valence-corrected chi connectivity index (χ1v) is 8.71. The molecule has 0 radical (unpaired) electrons. The van der Waals surface area contributed by atoms with Crippen molar-refractivity contribution in [2.75, 3.05) is 0 Å². The van der Waals surface area contributed by atoms with Gasteiger partial charge in [-0.3, -0.25) is 4.98 Å². The van der Waals surface area contributed by atoms with Crippen LogP contribution in [0.2, 0.25) is 0 Å². The summed E-state index contributed by atoms with van der Waals surface area (Å²) in [5.74, 6) is -1.71. The van der Waals surface area contributed by atoms with Crippen LogP contribution < -0.4 is 4.18 Å². The van der Waals surface area contributed by atoms with Crippen molar-refractivity contribution < 1.29 is 35.7 Å². The quantitative estimate of drug-likeness (QED) is 0.498. The number of hydrogen-bond donors (Lipinski definition) is 1. The Balaban J connectivity index is 1.99. The third-order valence-electron chi connectivity index (χ3n) is 3.28. The van der Waals surface area contributed by atoms with E-state index in [1.54, 1.807) is 18.2 Å². The maximum Gasteiger partial charge on any atom is 0.534 e. The van der Waals surface area contributed by atoms with Gasteiger partial charge in [-0.15, -0.1) is 0 Å². The van der Waals surface area contributed by atoms with E-state index in [9.17, 15) is 26.4 Å². The maximum atomic E-state index is 12.4. The van der Waals surface area contributed by atoms with Gasteiger partial charge >= 0.3 is 21.6 Å². The molecule has 0 aliphatic heterocycles. The molecule has 28 heavy (non-hydrogen) atoms. The van der Waals surface area contributed by atoms with Crippen molar-refractivity contribution in [1.82, 2.24) is 19.7 Å². The summed E-state index contributed by atoms with van der Waals surface area (Å²) in [6.07, 6.45) is 2.21. The fraction of sp³-hybridized carbons (Fsp3) is 0.0667. The van der Waals surface area contributed by atoms with E-state index in [0.717, 1.165) is 18.3 Å². The molecule has 146 valence electrons. The Labute approximate surface area is 155 Å². The van der Waals surface area contributed by atoms with Gasteiger partial charge in [0.1, 0.15) is 0 Å². The fourth-order valence-electron chi connectivity index (χ4n) is 2.08. The Bertz CT molecular complexity index is 1110. The van der Waals surface area contributed by atoms with E-state index in [1.165, 1.54) is 16.9 Å². The molecule has 3 rings (SSSR count). The van der Waals surface area contributed by atoms with Crippen LogP contribution in [-0.2, 0) is 10.1 Å². The van der Waals surface area contributed by atoms with Crippen molar-refractivity contribution in [3.8, 4) is 23.0 Å². The highest BCUT2D eigenvalue weighted by molar-refractivity contribution is 7.88. The second kappa shape index (κ2) is 6.92. The molecule has 0 saturated carbocycles. The van der Waals surface area contributed by atoms with E-state index in [-0.39, 0.29) is 22.9 Å². The summed E-state index contributed by atoms with van der Waals surface area (Å²) >= 11 is 0. The second-order valence-electron chi connectivity index (χ2n) is 5.18. The van der Waals surface area contributed by atoms with Gasteiger partial charge in [-0.25, -0.2) is 14.5 Å². The third-order valence-corrected chi connectivity index (χ3v) is 4.26. The Hall–Kier alpha value is -3.48. The van der Waals surface area contributed by atoms with Crippen LogP contribution in [0.15, 0.2) is 48.8 Å². The fourth-order valence-corrected chi connectivity index (χ4v) is 2.52. The van der Waals surface area contributed by atoms with Crippen LogP contribution in [0.25, 0.3) is 17.2 Å². The minimum Gasteiger partial charge on any atom is -0.476 e. The highest BCUT2D eigenvalue weighted by Gasteiger charge is 2.48. The molecule has 3 heterocycles. The number of halogens is 3. The molecular formula is C15H9F3N4O5S. The summed E-state index contributed by atoms with van der Waals surface area (Å²) in [6, 6.07) is 8.11. The number of pyridine rings is 2. The third kappa shape index (κ3) is 3.78. The number of aromatic carboxylic acids is 1. The van der Waals surface area contributed by atoms with Crippen molar-refractivity contribution in [2.24, 2.45) is 0 Å². The topological polar surface area (TPSA) is 124 Å². The van der Waals surface area contributed by atoms with Gasteiger partial charge in [0, 0.05) is 12.3 Å².